The first-order chi connectivity index (χ1) is 13.5. The lowest BCUT2D eigenvalue weighted by molar-refractivity contribution is 0.0505. The molecule has 0 saturated carbocycles. The van der Waals surface area contributed by atoms with Gasteiger partial charge in [0, 0.05) is 64.6 Å². The summed E-state index contributed by atoms with van der Waals surface area (Å²) in [4.78, 5) is 6.87. The van der Waals surface area contributed by atoms with Crippen LogP contribution in [0.5, 0.6) is 5.75 Å². The Bertz CT molecular complexity index is 710. The number of aliphatic hydroxyl groups excluding tert-OH is 1. The van der Waals surface area contributed by atoms with E-state index in [1.807, 2.05) is 36.3 Å². The molecule has 7 heteroatoms. The van der Waals surface area contributed by atoms with Crippen molar-refractivity contribution in [2.75, 3.05) is 53.4 Å². The van der Waals surface area contributed by atoms with Crippen molar-refractivity contribution in [3.63, 3.8) is 0 Å². The third-order valence-corrected chi connectivity index (χ3v) is 5.09. The van der Waals surface area contributed by atoms with Crippen molar-refractivity contribution in [1.82, 2.24) is 24.5 Å². The molecule has 0 radical (unpaired) electrons. The Morgan fingerprint density at radius 3 is 2.39 bits per heavy atom. The van der Waals surface area contributed by atoms with E-state index in [1.54, 1.807) is 0 Å². The minimum absolute atomic E-state index is 0.326. The SMILES string of the molecule is CN1CCN(C[C@@H](O)COc2ccc(CN(C)Cc3cnn(C)c3)cc2)CC1. The Labute approximate surface area is 168 Å². The van der Waals surface area contributed by atoms with E-state index in [4.69, 9.17) is 4.74 Å². The summed E-state index contributed by atoms with van der Waals surface area (Å²) in [5.41, 5.74) is 2.44. The van der Waals surface area contributed by atoms with Gasteiger partial charge in [-0.3, -0.25) is 14.5 Å². The molecule has 2 heterocycles. The van der Waals surface area contributed by atoms with E-state index < -0.39 is 6.10 Å². The van der Waals surface area contributed by atoms with Crippen molar-refractivity contribution in [3.8, 4) is 5.75 Å². The first-order valence-electron chi connectivity index (χ1n) is 9.94. The smallest absolute Gasteiger partial charge is 0.119 e. The fraction of sp³-hybridized carbons (Fsp3) is 0.571. The Morgan fingerprint density at radius 1 is 1.07 bits per heavy atom. The molecule has 1 aromatic heterocycles. The fourth-order valence-electron chi connectivity index (χ4n) is 3.50. The van der Waals surface area contributed by atoms with Gasteiger partial charge in [0.25, 0.3) is 0 Å². The maximum absolute atomic E-state index is 10.3. The number of aryl methyl sites for hydroxylation is 1. The lowest BCUT2D eigenvalue weighted by Crippen LogP contribution is -2.47. The molecular formula is C21H33N5O2. The maximum atomic E-state index is 10.3. The van der Waals surface area contributed by atoms with E-state index in [-0.39, 0.29) is 0 Å². The van der Waals surface area contributed by atoms with Crippen molar-refractivity contribution in [1.29, 1.82) is 0 Å². The predicted molar refractivity (Wildman–Crippen MR) is 110 cm³/mol. The van der Waals surface area contributed by atoms with Crippen LogP contribution in [-0.2, 0) is 20.1 Å². The molecule has 1 aliphatic rings. The number of piperazine rings is 1. The average Bonchev–Trinajstić information content (AvgIpc) is 3.07. The number of hydrogen-bond acceptors (Lipinski definition) is 6. The van der Waals surface area contributed by atoms with Gasteiger partial charge in [0.05, 0.1) is 6.20 Å². The van der Waals surface area contributed by atoms with E-state index in [2.05, 4.69) is 46.0 Å². The van der Waals surface area contributed by atoms with Crippen molar-refractivity contribution in [2.24, 2.45) is 7.05 Å². The third-order valence-electron chi connectivity index (χ3n) is 5.09. The van der Waals surface area contributed by atoms with Gasteiger partial charge in [-0.05, 0) is 31.8 Å². The summed E-state index contributed by atoms with van der Waals surface area (Å²) in [6, 6.07) is 8.13. The van der Waals surface area contributed by atoms with E-state index in [9.17, 15) is 5.11 Å². The van der Waals surface area contributed by atoms with Gasteiger partial charge < -0.3 is 14.7 Å². The second-order valence-electron chi connectivity index (χ2n) is 7.91. The van der Waals surface area contributed by atoms with Crippen molar-refractivity contribution in [2.45, 2.75) is 19.2 Å². The Hall–Kier alpha value is -1.93. The minimum Gasteiger partial charge on any atom is -0.491 e. The van der Waals surface area contributed by atoms with Crippen LogP contribution in [0, 0.1) is 0 Å². The Balaban J connectivity index is 1.38. The molecule has 0 unspecified atom stereocenters. The zero-order valence-corrected chi connectivity index (χ0v) is 17.3. The van der Waals surface area contributed by atoms with Crippen LogP contribution in [0.15, 0.2) is 36.7 Å². The molecule has 28 heavy (non-hydrogen) atoms. The molecule has 154 valence electrons. The quantitative estimate of drug-likeness (QED) is 0.694. The molecule has 1 saturated heterocycles. The molecule has 0 spiro atoms. The van der Waals surface area contributed by atoms with Crippen LogP contribution in [0.2, 0.25) is 0 Å². The standard InChI is InChI=1S/C21H33N5O2/c1-23-8-10-26(11-9-23)16-20(27)17-28-21-6-4-18(5-7-21)13-24(2)14-19-12-22-25(3)15-19/h4-7,12,15,20,27H,8-11,13-14,16-17H2,1-3H3/t20-/m1/s1. The normalized spacial score (nSPS) is 17.2. The third kappa shape index (κ3) is 6.60. The minimum atomic E-state index is -0.464. The molecule has 0 aliphatic carbocycles. The first-order valence-corrected chi connectivity index (χ1v) is 9.94. The predicted octanol–water partition coefficient (Wildman–Crippen LogP) is 1.04. The van der Waals surface area contributed by atoms with Gasteiger partial charge in [-0.2, -0.15) is 5.10 Å². The highest BCUT2D eigenvalue weighted by molar-refractivity contribution is 5.27. The summed E-state index contributed by atoms with van der Waals surface area (Å²) in [5, 5.41) is 14.5. The maximum Gasteiger partial charge on any atom is 0.119 e. The van der Waals surface area contributed by atoms with Crippen LogP contribution in [0.3, 0.4) is 0 Å². The summed E-state index contributed by atoms with van der Waals surface area (Å²) >= 11 is 0. The van der Waals surface area contributed by atoms with Crippen LogP contribution in [-0.4, -0.2) is 89.1 Å². The number of hydrogen-bond donors (Lipinski definition) is 1. The van der Waals surface area contributed by atoms with Crippen LogP contribution >= 0.6 is 0 Å². The topological polar surface area (TPSA) is 57.0 Å². The number of likely N-dealkylation sites (N-methyl/N-ethyl adjacent to an activating group) is 1. The molecule has 1 atom stereocenters. The Morgan fingerprint density at radius 2 is 1.75 bits per heavy atom. The monoisotopic (exact) mass is 387 g/mol. The second kappa shape index (κ2) is 10.0. The number of aromatic nitrogens is 2. The highest BCUT2D eigenvalue weighted by Gasteiger charge is 2.17. The molecule has 3 rings (SSSR count). The molecule has 1 aliphatic heterocycles. The van der Waals surface area contributed by atoms with Crippen LogP contribution in [0.4, 0.5) is 0 Å². The van der Waals surface area contributed by atoms with E-state index in [1.165, 1.54) is 11.1 Å². The molecule has 0 bridgehead atoms. The molecule has 7 nitrogen and oxygen atoms in total. The largest absolute Gasteiger partial charge is 0.491 e. The van der Waals surface area contributed by atoms with Gasteiger partial charge in [0.2, 0.25) is 0 Å². The molecule has 1 aromatic carbocycles. The molecule has 0 amide bonds. The fourth-order valence-corrected chi connectivity index (χ4v) is 3.50. The zero-order valence-electron chi connectivity index (χ0n) is 17.3. The summed E-state index contributed by atoms with van der Waals surface area (Å²) in [7, 11) is 6.17. The summed E-state index contributed by atoms with van der Waals surface area (Å²) < 4.78 is 7.60. The number of nitrogens with zero attached hydrogens (tertiary/aromatic N) is 5. The highest BCUT2D eigenvalue weighted by Crippen LogP contribution is 2.15. The van der Waals surface area contributed by atoms with Gasteiger partial charge in [0.15, 0.2) is 0 Å². The van der Waals surface area contributed by atoms with Crippen molar-refractivity contribution < 1.29 is 9.84 Å². The first kappa shape index (κ1) is 20.8. The summed E-state index contributed by atoms with van der Waals surface area (Å²) in [5.74, 6) is 0.802. The zero-order chi connectivity index (χ0) is 19.9. The number of rotatable bonds is 9. The highest BCUT2D eigenvalue weighted by atomic mass is 16.5. The van der Waals surface area contributed by atoms with Gasteiger partial charge >= 0.3 is 0 Å². The van der Waals surface area contributed by atoms with E-state index >= 15 is 0 Å². The van der Waals surface area contributed by atoms with E-state index in [0.29, 0.717) is 13.2 Å². The average molecular weight is 388 g/mol. The lowest BCUT2D eigenvalue weighted by atomic mass is 10.2. The van der Waals surface area contributed by atoms with Crippen LogP contribution in [0.1, 0.15) is 11.1 Å². The molecule has 1 fully saturated rings. The van der Waals surface area contributed by atoms with E-state index in [0.717, 1.165) is 45.0 Å². The molecular weight excluding hydrogens is 354 g/mol. The number of β-amino-alcohol motifs (C(OH)–C–C–N with tert-alkyl or cyclic N) is 1. The summed E-state index contributed by atoms with van der Waals surface area (Å²) in [6.45, 7) is 6.86. The van der Waals surface area contributed by atoms with Gasteiger partial charge in [0.1, 0.15) is 18.5 Å². The molecule has 1 N–H and O–H groups in total. The van der Waals surface area contributed by atoms with Crippen molar-refractivity contribution in [3.05, 3.63) is 47.8 Å². The number of benzene rings is 1. The van der Waals surface area contributed by atoms with Gasteiger partial charge in [-0.15, -0.1) is 0 Å². The molecule has 2 aromatic rings. The summed E-state index contributed by atoms with van der Waals surface area (Å²) in [6.07, 6.45) is 3.48. The van der Waals surface area contributed by atoms with Crippen LogP contribution in [0.25, 0.3) is 0 Å². The Kier molecular flexibility index (Phi) is 7.44. The van der Waals surface area contributed by atoms with Crippen molar-refractivity contribution >= 4 is 0 Å². The number of aliphatic hydroxyl groups is 1. The lowest BCUT2D eigenvalue weighted by Gasteiger charge is -2.33. The van der Waals surface area contributed by atoms with Gasteiger partial charge in [-0.25, -0.2) is 0 Å². The second-order valence-corrected chi connectivity index (χ2v) is 7.91. The van der Waals surface area contributed by atoms with Gasteiger partial charge in [-0.1, -0.05) is 12.1 Å². The number of ether oxygens (including phenoxy) is 1. The van der Waals surface area contributed by atoms with Crippen LogP contribution < -0.4 is 4.74 Å².